The minimum Gasteiger partial charge on any atom is -0.291 e. The molecule has 27 heavy (non-hydrogen) atoms. The van der Waals surface area contributed by atoms with Crippen molar-refractivity contribution in [2.24, 2.45) is 0 Å². The predicted octanol–water partition coefficient (Wildman–Crippen LogP) is 3.07. The molecule has 2 aromatic heterocycles. The number of anilines is 1. The van der Waals surface area contributed by atoms with Crippen LogP contribution in [-0.2, 0) is 10.0 Å². The van der Waals surface area contributed by atoms with Crippen LogP contribution in [0.4, 0.5) is 5.69 Å². The van der Waals surface area contributed by atoms with Crippen LogP contribution in [0.3, 0.4) is 0 Å². The predicted molar refractivity (Wildman–Crippen MR) is 100 cm³/mol. The van der Waals surface area contributed by atoms with Gasteiger partial charge in [0.15, 0.2) is 0 Å². The standard InChI is InChI=1S/C19H13N5O2S/c20-12-14-2-8-17(9-3-14)27(25,26)23-16-6-4-15(5-7-16)18-13-24-11-1-10-21-19(24)22-18/h1-11,13,23H. The van der Waals surface area contributed by atoms with Crippen LogP contribution in [-0.4, -0.2) is 22.8 Å². The van der Waals surface area contributed by atoms with Crippen LogP contribution < -0.4 is 4.72 Å². The van der Waals surface area contributed by atoms with Gasteiger partial charge in [0.05, 0.1) is 22.2 Å². The van der Waals surface area contributed by atoms with Crippen molar-refractivity contribution in [3.05, 3.63) is 78.8 Å². The molecule has 0 saturated heterocycles. The van der Waals surface area contributed by atoms with Gasteiger partial charge in [-0.25, -0.2) is 18.4 Å². The van der Waals surface area contributed by atoms with E-state index < -0.39 is 10.0 Å². The molecule has 0 aliphatic carbocycles. The Labute approximate surface area is 155 Å². The molecular formula is C19H13N5O2S. The van der Waals surface area contributed by atoms with Crippen molar-refractivity contribution >= 4 is 21.5 Å². The molecule has 0 amide bonds. The van der Waals surface area contributed by atoms with Gasteiger partial charge in [-0.2, -0.15) is 5.26 Å². The minimum absolute atomic E-state index is 0.0944. The lowest BCUT2D eigenvalue weighted by molar-refractivity contribution is 0.601. The summed E-state index contributed by atoms with van der Waals surface area (Å²) in [4.78, 5) is 8.71. The molecular weight excluding hydrogens is 362 g/mol. The number of rotatable bonds is 4. The highest BCUT2D eigenvalue weighted by Crippen LogP contribution is 2.22. The minimum atomic E-state index is -3.73. The van der Waals surface area contributed by atoms with E-state index in [1.807, 2.05) is 28.9 Å². The maximum atomic E-state index is 12.5. The Morgan fingerprint density at radius 2 is 1.78 bits per heavy atom. The van der Waals surface area contributed by atoms with Crippen LogP contribution in [0.1, 0.15) is 5.56 Å². The number of fused-ring (bicyclic) bond motifs is 1. The molecule has 8 heteroatoms. The number of sulfonamides is 1. The summed E-state index contributed by atoms with van der Waals surface area (Å²) in [5.41, 5.74) is 2.43. The Balaban J connectivity index is 1.57. The summed E-state index contributed by atoms with van der Waals surface area (Å²) in [6.07, 6.45) is 5.39. The normalized spacial score (nSPS) is 11.2. The topological polar surface area (TPSA) is 100 Å². The second-order valence-corrected chi connectivity index (χ2v) is 7.45. The number of nitrogens with zero attached hydrogens (tertiary/aromatic N) is 4. The quantitative estimate of drug-likeness (QED) is 0.591. The Bertz CT molecular complexity index is 1220. The summed E-state index contributed by atoms with van der Waals surface area (Å²) in [6.45, 7) is 0. The molecule has 4 rings (SSSR count). The summed E-state index contributed by atoms with van der Waals surface area (Å²) < 4.78 is 29.3. The lowest BCUT2D eigenvalue weighted by Crippen LogP contribution is -2.12. The fourth-order valence-electron chi connectivity index (χ4n) is 2.60. The molecule has 4 aromatic rings. The fraction of sp³-hybridized carbons (Fsp3) is 0. The smallest absolute Gasteiger partial charge is 0.261 e. The van der Waals surface area contributed by atoms with E-state index in [4.69, 9.17) is 5.26 Å². The molecule has 0 aliphatic heterocycles. The largest absolute Gasteiger partial charge is 0.291 e. The summed E-state index contributed by atoms with van der Waals surface area (Å²) in [5.74, 6) is 0.595. The average molecular weight is 375 g/mol. The SMILES string of the molecule is N#Cc1ccc(S(=O)(=O)Nc2ccc(-c3cn4cccnc4n3)cc2)cc1. The third-order valence-corrected chi connectivity index (χ3v) is 5.36. The number of hydrogen-bond acceptors (Lipinski definition) is 5. The first kappa shape index (κ1) is 16.8. The van der Waals surface area contributed by atoms with Gasteiger partial charge in [0, 0.05) is 29.8 Å². The molecule has 2 heterocycles. The average Bonchev–Trinajstić information content (AvgIpc) is 3.12. The Morgan fingerprint density at radius 3 is 2.44 bits per heavy atom. The molecule has 0 spiro atoms. The van der Waals surface area contributed by atoms with E-state index in [2.05, 4.69) is 14.7 Å². The van der Waals surface area contributed by atoms with E-state index in [1.54, 1.807) is 30.5 Å². The van der Waals surface area contributed by atoms with Crippen molar-refractivity contribution in [3.63, 3.8) is 0 Å². The van der Waals surface area contributed by atoms with Gasteiger partial charge in [-0.1, -0.05) is 12.1 Å². The number of hydrogen-bond donors (Lipinski definition) is 1. The molecule has 7 nitrogen and oxygen atoms in total. The second kappa shape index (κ2) is 6.55. The molecule has 2 aromatic carbocycles. The van der Waals surface area contributed by atoms with Crippen molar-refractivity contribution in [2.75, 3.05) is 4.72 Å². The van der Waals surface area contributed by atoms with E-state index >= 15 is 0 Å². The van der Waals surface area contributed by atoms with Crippen LogP contribution in [0.15, 0.2) is 78.1 Å². The molecule has 0 atom stereocenters. The van der Waals surface area contributed by atoms with Crippen molar-refractivity contribution in [2.45, 2.75) is 4.90 Å². The van der Waals surface area contributed by atoms with Crippen LogP contribution in [0.25, 0.3) is 17.0 Å². The van der Waals surface area contributed by atoms with Crippen molar-refractivity contribution in [3.8, 4) is 17.3 Å². The van der Waals surface area contributed by atoms with Crippen LogP contribution in [0, 0.1) is 11.3 Å². The van der Waals surface area contributed by atoms with Gasteiger partial charge in [0.2, 0.25) is 5.78 Å². The molecule has 0 unspecified atom stereocenters. The fourth-order valence-corrected chi connectivity index (χ4v) is 3.66. The van der Waals surface area contributed by atoms with E-state index in [0.29, 0.717) is 17.0 Å². The van der Waals surface area contributed by atoms with Crippen LogP contribution in [0.2, 0.25) is 0 Å². The van der Waals surface area contributed by atoms with Gasteiger partial charge < -0.3 is 0 Å². The first-order valence-electron chi connectivity index (χ1n) is 7.98. The molecule has 0 fully saturated rings. The molecule has 0 aliphatic rings. The highest BCUT2D eigenvalue weighted by atomic mass is 32.2. The number of aromatic nitrogens is 3. The van der Waals surface area contributed by atoms with Crippen LogP contribution >= 0.6 is 0 Å². The zero-order valence-corrected chi connectivity index (χ0v) is 14.8. The van der Waals surface area contributed by atoms with Gasteiger partial charge in [-0.05, 0) is 42.5 Å². The Morgan fingerprint density at radius 1 is 1.04 bits per heavy atom. The van der Waals surface area contributed by atoms with Gasteiger partial charge in [-0.3, -0.25) is 9.12 Å². The monoisotopic (exact) mass is 375 g/mol. The van der Waals surface area contributed by atoms with Crippen molar-refractivity contribution in [1.82, 2.24) is 14.4 Å². The van der Waals surface area contributed by atoms with Gasteiger partial charge >= 0.3 is 0 Å². The Hall–Kier alpha value is -3.70. The highest BCUT2D eigenvalue weighted by Gasteiger charge is 2.14. The zero-order chi connectivity index (χ0) is 18.9. The van der Waals surface area contributed by atoms with Crippen molar-refractivity contribution in [1.29, 1.82) is 5.26 Å². The van der Waals surface area contributed by atoms with E-state index in [9.17, 15) is 8.42 Å². The lowest BCUT2D eigenvalue weighted by Gasteiger charge is -2.08. The first-order chi connectivity index (χ1) is 13.0. The van der Waals surface area contributed by atoms with E-state index in [-0.39, 0.29) is 4.90 Å². The third kappa shape index (κ3) is 3.36. The molecule has 0 radical (unpaired) electrons. The Kier molecular flexibility index (Phi) is 4.06. The van der Waals surface area contributed by atoms with E-state index in [0.717, 1.165) is 11.3 Å². The summed E-state index contributed by atoms with van der Waals surface area (Å²) in [6, 6.07) is 16.4. The van der Waals surface area contributed by atoms with Crippen LogP contribution in [0.5, 0.6) is 0 Å². The lowest BCUT2D eigenvalue weighted by atomic mass is 10.1. The van der Waals surface area contributed by atoms with Gasteiger partial charge in [0.25, 0.3) is 10.0 Å². The third-order valence-electron chi connectivity index (χ3n) is 3.96. The molecule has 0 bridgehead atoms. The summed E-state index contributed by atoms with van der Waals surface area (Å²) in [5, 5.41) is 8.81. The maximum absolute atomic E-state index is 12.5. The maximum Gasteiger partial charge on any atom is 0.261 e. The molecule has 0 saturated carbocycles. The van der Waals surface area contributed by atoms with Gasteiger partial charge in [-0.15, -0.1) is 0 Å². The number of imidazole rings is 1. The van der Waals surface area contributed by atoms with Crippen molar-refractivity contribution < 1.29 is 8.42 Å². The number of benzene rings is 2. The summed E-state index contributed by atoms with van der Waals surface area (Å²) in [7, 11) is -3.73. The first-order valence-corrected chi connectivity index (χ1v) is 9.47. The number of nitrogens with one attached hydrogen (secondary N) is 1. The zero-order valence-electron chi connectivity index (χ0n) is 13.9. The molecule has 1 N–H and O–H groups in total. The summed E-state index contributed by atoms with van der Waals surface area (Å²) >= 11 is 0. The van der Waals surface area contributed by atoms with Gasteiger partial charge in [0.1, 0.15) is 0 Å². The second-order valence-electron chi connectivity index (χ2n) is 5.77. The van der Waals surface area contributed by atoms with E-state index in [1.165, 1.54) is 24.3 Å². The molecule has 132 valence electrons. The number of nitriles is 1. The highest BCUT2D eigenvalue weighted by molar-refractivity contribution is 7.92.